The molecule has 6 nitrogen and oxygen atoms in total. The summed E-state index contributed by atoms with van der Waals surface area (Å²) in [6.45, 7) is 1.73. The highest BCUT2D eigenvalue weighted by atomic mass is 19.1. The van der Waals surface area contributed by atoms with E-state index in [0.717, 1.165) is 10.9 Å². The summed E-state index contributed by atoms with van der Waals surface area (Å²) < 4.78 is 14.6. The van der Waals surface area contributed by atoms with Gasteiger partial charge in [0.1, 0.15) is 11.6 Å². The van der Waals surface area contributed by atoms with Gasteiger partial charge in [-0.25, -0.2) is 14.1 Å². The van der Waals surface area contributed by atoms with Crippen molar-refractivity contribution < 1.29 is 9.18 Å². The molecule has 0 fully saturated rings. The number of nitrogens with one attached hydrogen (secondary N) is 1. The molecule has 0 unspecified atom stereocenters. The number of aryl methyl sites for hydroxylation is 1. The van der Waals surface area contributed by atoms with E-state index in [1.807, 2.05) is 30.3 Å². The van der Waals surface area contributed by atoms with E-state index in [4.69, 9.17) is 0 Å². The second-order valence-electron chi connectivity index (χ2n) is 5.74. The number of hydrogen-bond donors (Lipinski definition) is 1. The third-order valence-electron chi connectivity index (χ3n) is 3.89. The number of pyridine rings is 1. The molecule has 0 aliphatic heterocycles. The fourth-order valence-corrected chi connectivity index (χ4v) is 2.64. The zero-order valence-electron chi connectivity index (χ0n) is 13.8. The number of amides is 1. The molecule has 0 aliphatic rings. The van der Waals surface area contributed by atoms with Gasteiger partial charge in [-0.05, 0) is 43.3 Å². The molecular formula is C19H14FN5O. The van der Waals surface area contributed by atoms with Crippen molar-refractivity contribution >= 4 is 22.5 Å². The molecule has 4 rings (SSSR count). The smallest absolute Gasteiger partial charge is 0.295 e. The molecule has 7 heteroatoms. The highest BCUT2D eigenvalue weighted by molar-refractivity contribution is 6.02. The predicted octanol–water partition coefficient (Wildman–Crippen LogP) is 3.52. The molecule has 0 radical (unpaired) electrons. The Balaban J connectivity index is 1.59. The maximum Gasteiger partial charge on any atom is 0.295 e. The van der Waals surface area contributed by atoms with Gasteiger partial charge in [-0.15, -0.1) is 5.10 Å². The number of anilines is 1. The molecule has 0 saturated heterocycles. The Kier molecular flexibility index (Phi) is 3.89. The van der Waals surface area contributed by atoms with Crippen LogP contribution in [0.15, 0.2) is 60.8 Å². The largest absolute Gasteiger partial charge is 0.318 e. The van der Waals surface area contributed by atoms with E-state index < -0.39 is 5.91 Å². The van der Waals surface area contributed by atoms with E-state index in [-0.39, 0.29) is 11.6 Å². The molecule has 0 bridgehead atoms. The molecule has 0 aliphatic carbocycles. The first-order valence-electron chi connectivity index (χ1n) is 7.96. The minimum Gasteiger partial charge on any atom is -0.318 e. The Hall–Kier alpha value is -3.61. The lowest BCUT2D eigenvalue weighted by atomic mass is 10.2. The van der Waals surface area contributed by atoms with Crippen molar-refractivity contribution in [3.8, 4) is 5.69 Å². The number of hydrogen-bond acceptors (Lipinski definition) is 4. The fraction of sp³-hybridized carbons (Fsp3) is 0.0526. The molecule has 26 heavy (non-hydrogen) atoms. The van der Waals surface area contributed by atoms with Crippen LogP contribution in [0.2, 0.25) is 0 Å². The third kappa shape index (κ3) is 3.02. The molecule has 2 aromatic heterocycles. The Morgan fingerprint density at radius 3 is 2.69 bits per heavy atom. The topological polar surface area (TPSA) is 72.7 Å². The van der Waals surface area contributed by atoms with E-state index in [2.05, 4.69) is 20.4 Å². The zero-order valence-corrected chi connectivity index (χ0v) is 13.8. The first kappa shape index (κ1) is 15.9. The highest BCUT2D eigenvalue weighted by Gasteiger charge is 2.16. The van der Waals surface area contributed by atoms with Crippen LogP contribution in [-0.2, 0) is 0 Å². The molecule has 128 valence electrons. The summed E-state index contributed by atoms with van der Waals surface area (Å²) in [5.74, 6) is -0.224. The molecule has 2 heterocycles. The van der Waals surface area contributed by atoms with Crippen LogP contribution in [0.1, 0.15) is 16.4 Å². The van der Waals surface area contributed by atoms with E-state index in [9.17, 15) is 9.18 Å². The number of nitrogens with zero attached hydrogens (tertiary/aromatic N) is 4. The summed E-state index contributed by atoms with van der Waals surface area (Å²) >= 11 is 0. The van der Waals surface area contributed by atoms with Gasteiger partial charge in [-0.1, -0.05) is 18.2 Å². The van der Waals surface area contributed by atoms with Crippen molar-refractivity contribution in [1.29, 1.82) is 0 Å². The number of fused-ring (bicyclic) bond motifs is 1. The van der Waals surface area contributed by atoms with Crippen molar-refractivity contribution in [2.75, 3.05) is 5.32 Å². The molecule has 1 amide bonds. The van der Waals surface area contributed by atoms with Gasteiger partial charge in [0, 0.05) is 5.39 Å². The fourth-order valence-electron chi connectivity index (χ4n) is 2.64. The lowest BCUT2D eigenvalue weighted by Crippen LogP contribution is -2.14. The van der Waals surface area contributed by atoms with Crippen LogP contribution < -0.4 is 5.32 Å². The van der Waals surface area contributed by atoms with Gasteiger partial charge < -0.3 is 5.32 Å². The van der Waals surface area contributed by atoms with E-state index in [1.165, 1.54) is 16.8 Å². The van der Waals surface area contributed by atoms with Gasteiger partial charge in [0.2, 0.25) is 5.82 Å². The van der Waals surface area contributed by atoms with Gasteiger partial charge in [0.25, 0.3) is 5.91 Å². The standard InChI is InChI=1S/C19H14FN5O/c1-12-22-18(24-25(12)16-8-6-14(20)7-9-16)19(26)23-15-10-13-4-2-3-5-17(13)21-11-15/h2-11H,1H3,(H,23,26). The Labute approximate surface area is 148 Å². The lowest BCUT2D eigenvalue weighted by molar-refractivity contribution is 0.101. The number of para-hydroxylation sites is 1. The van der Waals surface area contributed by atoms with Crippen LogP contribution in [0.5, 0.6) is 0 Å². The number of rotatable bonds is 3. The average Bonchev–Trinajstić information content (AvgIpc) is 3.04. The number of halogens is 1. The summed E-state index contributed by atoms with van der Waals surface area (Å²) in [6.07, 6.45) is 1.59. The molecular weight excluding hydrogens is 333 g/mol. The van der Waals surface area contributed by atoms with Crippen molar-refractivity contribution in [2.24, 2.45) is 0 Å². The predicted molar refractivity (Wildman–Crippen MR) is 95.8 cm³/mol. The molecule has 4 aromatic rings. The van der Waals surface area contributed by atoms with Gasteiger partial charge in [0.15, 0.2) is 0 Å². The quantitative estimate of drug-likeness (QED) is 0.615. The normalized spacial score (nSPS) is 10.8. The second kappa shape index (κ2) is 6.36. The Morgan fingerprint density at radius 1 is 1.12 bits per heavy atom. The number of aromatic nitrogens is 4. The average molecular weight is 347 g/mol. The maximum atomic E-state index is 13.1. The summed E-state index contributed by atoms with van der Waals surface area (Å²) in [5.41, 5.74) is 2.03. The summed E-state index contributed by atoms with van der Waals surface area (Å²) in [7, 11) is 0. The minimum absolute atomic E-state index is 0.0278. The maximum absolute atomic E-state index is 13.1. The van der Waals surface area contributed by atoms with Crippen LogP contribution in [0, 0.1) is 12.7 Å². The van der Waals surface area contributed by atoms with Gasteiger partial charge in [-0.2, -0.15) is 0 Å². The summed E-state index contributed by atoms with van der Waals surface area (Å²) in [4.78, 5) is 21.0. The minimum atomic E-state index is -0.439. The monoisotopic (exact) mass is 347 g/mol. The van der Waals surface area contributed by atoms with Gasteiger partial charge >= 0.3 is 0 Å². The van der Waals surface area contributed by atoms with Gasteiger partial charge in [-0.3, -0.25) is 9.78 Å². The van der Waals surface area contributed by atoms with Crippen molar-refractivity contribution in [3.05, 3.63) is 78.3 Å². The van der Waals surface area contributed by atoms with Crippen molar-refractivity contribution in [1.82, 2.24) is 19.7 Å². The van der Waals surface area contributed by atoms with Crippen LogP contribution in [0.25, 0.3) is 16.6 Å². The van der Waals surface area contributed by atoms with E-state index >= 15 is 0 Å². The summed E-state index contributed by atoms with van der Waals surface area (Å²) in [6, 6.07) is 15.3. The van der Waals surface area contributed by atoms with E-state index in [0.29, 0.717) is 17.2 Å². The number of carbonyl (C=O) groups excluding carboxylic acids is 1. The van der Waals surface area contributed by atoms with Crippen LogP contribution >= 0.6 is 0 Å². The van der Waals surface area contributed by atoms with Crippen LogP contribution in [0.4, 0.5) is 10.1 Å². The number of carbonyl (C=O) groups is 1. The van der Waals surface area contributed by atoms with Crippen molar-refractivity contribution in [2.45, 2.75) is 6.92 Å². The first-order valence-corrected chi connectivity index (χ1v) is 7.96. The zero-order chi connectivity index (χ0) is 18.1. The van der Waals surface area contributed by atoms with Crippen molar-refractivity contribution in [3.63, 3.8) is 0 Å². The Bertz CT molecular complexity index is 1100. The third-order valence-corrected chi connectivity index (χ3v) is 3.89. The summed E-state index contributed by atoms with van der Waals surface area (Å²) in [5, 5.41) is 7.89. The molecule has 1 N–H and O–H groups in total. The highest BCUT2D eigenvalue weighted by Crippen LogP contribution is 2.17. The van der Waals surface area contributed by atoms with E-state index in [1.54, 1.807) is 25.3 Å². The first-order chi connectivity index (χ1) is 12.6. The second-order valence-corrected chi connectivity index (χ2v) is 5.74. The number of benzene rings is 2. The van der Waals surface area contributed by atoms with Crippen LogP contribution in [0.3, 0.4) is 0 Å². The Morgan fingerprint density at radius 2 is 1.88 bits per heavy atom. The lowest BCUT2D eigenvalue weighted by Gasteiger charge is -2.04. The van der Waals surface area contributed by atoms with Crippen LogP contribution in [-0.4, -0.2) is 25.7 Å². The van der Waals surface area contributed by atoms with Gasteiger partial charge in [0.05, 0.1) is 23.1 Å². The molecule has 2 aromatic carbocycles. The molecule has 0 saturated carbocycles. The molecule has 0 atom stereocenters. The SMILES string of the molecule is Cc1nc(C(=O)Nc2cnc3ccccc3c2)nn1-c1ccc(F)cc1. The molecule has 0 spiro atoms.